The molecule has 134 valence electrons. The fraction of sp³-hybridized carbons (Fsp3) is 0.316. The summed E-state index contributed by atoms with van der Waals surface area (Å²) in [7, 11) is 0. The van der Waals surface area contributed by atoms with Crippen molar-refractivity contribution in [1.82, 2.24) is 0 Å². The van der Waals surface area contributed by atoms with Crippen molar-refractivity contribution in [2.75, 3.05) is 18.4 Å². The number of carbonyl (C=O) groups excluding carboxylic acids is 1. The fourth-order valence-electron chi connectivity index (χ4n) is 2.57. The van der Waals surface area contributed by atoms with E-state index in [1.165, 1.54) is 18.2 Å². The molecule has 0 saturated carbocycles. The van der Waals surface area contributed by atoms with Crippen LogP contribution >= 0.6 is 0 Å². The molecule has 1 atom stereocenters. The molecule has 2 aromatic rings. The van der Waals surface area contributed by atoms with Crippen molar-refractivity contribution >= 4 is 11.6 Å². The molecule has 3 nitrogen and oxygen atoms in total. The molecule has 0 fully saturated rings. The van der Waals surface area contributed by atoms with Crippen LogP contribution in [-0.2, 0) is 17.5 Å². The normalized spacial score (nSPS) is 12.7. The number of rotatable bonds is 6. The molecule has 25 heavy (non-hydrogen) atoms. The molecular formula is C19H22F3N2O+. The van der Waals surface area contributed by atoms with E-state index in [-0.39, 0.29) is 12.2 Å². The number of alkyl halides is 3. The average Bonchev–Trinajstić information content (AvgIpc) is 2.55. The van der Waals surface area contributed by atoms with Gasteiger partial charge < -0.3 is 10.2 Å². The van der Waals surface area contributed by atoms with E-state index in [0.717, 1.165) is 22.1 Å². The van der Waals surface area contributed by atoms with Gasteiger partial charge in [0.15, 0.2) is 6.54 Å². The minimum absolute atomic E-state index is 0.108. The second kappa shape index (κ2) is 8.16. The number of benzene rings is 2. The molecule has 0 heterocycles. The molecule has 0 aliphatic heterocycles. The Hall–Kier alpha value is -2.34. The third-order valence-corrected chi connectivity index (χ3v) is 3.99. The second-order valence-electron chi connectivity index (χ2n) is 6.03. The molecule has 0 aromatic heterocycles. The number of amides is 1. The number of nitrogens with one attached hydrogen (secondary N) is 2. The quantitative estimate of drug-likeness (QED) is 0.824. The molecule has 2 aromatic carbocycles. The van der Waals surface area contributed by atoms with Gasteiger partial charge in [0.2, 0.25) is 0 Å². The smallest absolute Gasteiger partial charge is 0.324 e. The van der Waals surface area contributed by atoms with Crippen LogP contribution in [0.2, 0.25) is 0 Å². The first kappa shape index (κ1) is 19.0. The minimum atomic E-state index is -4.50. The van der Waals surface area contributed by atoms with Gasteiger partial charge in [0.25, 0.3) is 5.91 Å². The first-order chi connectivity index (χ1) is 11.8. The van der Waals surface area contributed by atoms with E-state index >= 15 is 0 Å². The molecular weight excluding hydrogens is 329 g/mol. The molecule has 1 amide bonds. The summed E-state index contributed by atoms with van der Waals surface area (Å²) in [6, 6.07) is 13.0. The van der Waals surface area contributed by atoms with Gasteiger partial charge >= 0.3 is 6.18 Å². The van der Waals surface area contributed by atoms with Gasteiger partial charge in [-0.1, -0.05) is 42.0 Å². The van der Waals surface area contributed by atoms with Gasteiger partial charge in [0.1, 0.15) is 6.54 Å². The lowest BCUT2D eigenvalue weighted by atomic mass is 10.1. The molecule has 0 aliphatic rings. The Bertz CT molecular complexity index is 711. The average molecular weight is 351 g/mol. The van der Waals surface area contributed by atoms with Crippen LogP contribution in [0.1, 0.15) is 23.6 Å². The van der Waals surface area contributed by atoms with Crippen molar-refractivity contribution in [2.45, 2.75) is 26.6 Å². The summed E-state index contributed by atoms with van der Waals surface area (Å²) in [5, 5.41) is 2.40. The van der Waals surface area contributed by atoms with Crippen molar-refractivity contribution in [1.29, 1.82) is 0 Å². The number of aryl methyl sites for hydroxylation is 1. The van der Waals surface area contributed by atoms with E-state index < -0.39 is 17.6 Å². The second-order valence-corrected chi connectivity index (χ2v) is 6.03. The number of likely N-dealkylation sites (N-methyl/N-ethyl adjacent to an activating group) is 1. The number of hydrogen-bond donors (Lipinski definition) is 2. The summed E-state index contributed by atoms with van der Waals surface area (Å²) in [6.45, 7) is 5.39. The van der Waals surface area contributed by atoms with Gasteiger partial charge in [-0.15, -0.1) is 0 Å². The predicted octanol–water partition coefficient (Wildman–Crippen LogP) is 3.06. The van der Waals surface area contributed by atoms with Crippen LogP contribution in [0.25, 0.3) is 0 Å². The first-order valence-electron chi connectivity index (χ1n) is 8.14. The standard InChI is InChI=1S/C19H21F3N2O/c1-3-24(12-15-10-8-14(2)9-11-15)13-18(25)23-17-7-5-4-6-16(17)19(20,21)22/h4-11H,3,12-13H2,1-2H3,(H,23,25)/p+1. The maximum atomic E-state index is 13.0. The summed E-state index contributed by atoms with van der Waals surface area (Å²) in [6.07, 6.45) is -4.50. The Balaban J connectivity index is 2.02. The van der Waals surface area contributed by atoms with Gasteiger partial charge in [0.05, 0.1) is 17.8 Å². The number of halogens is 3. The van der Waals surface area contributed by atoms with Gasteiger partial charge in [-0.2, -0.15) is 13.2 Å². The Kier molecular flexibility index (Phi) is 6.20. The lowest BCUT2D eigenvalue weighted by Gasteiger charge is -2.18. The maximum absolute atomic E-state index is 13.0. The van der Waals surface area contributed by atoms with Crippen LogP contribution in [0.5, 0.6) is 0 Å². The molecule has 2 N–H and O–H groups in total. The Labute approximate surface area is 145 Å². The SMILES string of the molecule is CC[NH+](CC(=O)Nc1ccccc1C(F)(F)F)Cc1ccc(C)cc1. The van der Waals surface area contributed by atoms with Crippen LogP contribution in [0.3, 0.4) is 0 Å². The van der Waals surface area contributed by atoms with Crippen molar-refractivity contribution in [3.05, 3.63) is 65.2 Å². The van der Waals surface area contributed by atoms with Crippen LogP contribution in [0.4, 0.5) is 18.9 Å². The van der Waals surface area contributed by atoms with Crippen molar-refractivity contribution in [3.8, 4) is 0 Å². The Morgan fingerprint density at radius 3 is 2.32 bits per heavy atom. The van der Waals surface area contributed by atoms with Crippen LogP contribution in [-0.4, -0.2) is 19.0 Å². The zero-order valence-electron chi connectivity index (χ0n) is 14.3. The summed E-state index contributed by atoms with van der Waals surface area (Å²) in [4.78, 5) is 13.2. The zero-order valence-corrected chi connectivity index (χ0v) is 14.3. The third kappa shape index (κ3) is 5.60. The molecule has 2 rings (SSSR count). The lowest BCUT2D eigenvalue weighted by Crippen LogP contribution is -3.11. The summed E-state index contributed by atoms with van der Waals surface area (Å²) >= 11 is 0. The molecule has 0 aliphatic carbocycles. The molecule has 0 saturated heterocycles. The Morgan fingerprint density at radius 1 is 1.08 bits per heavy atom. The van der Waals surface area contributed by atoms with Crippen molar-refractivity contribution in [2.24, 2.45) is 0 Å². The fourth-order valence-corrected chi connectivity index (χ4v) is 2.57. The molecule has 0 bridgehead atoms. The Morgan fingerprint density at radius 2 is 1.72 bits per heavy atom. The highest BCUT2D eigenvalue weighted by molar-refractivity contribution is 5.92. The van der Waals surface area contributed by atoms with E-state index in [0.29, 0.717) is 13.1 Å². The number of para-hydroxylation sites is 1. The van der Waals surface area contributed by atoms with E-state index in [2.05, 4.69) is 5.32 Å². The van der Waals surface area contributed by atoms with Gasteiger partial charge in [-0.05, 0) is 26.0 Å². The van der Waals surface area contributed by atoms with E-state index in [4.69, 9.17) is 0 Å². The molecule has 6 heteroatoms. The monoisotopic (exact) mass is 351 g/mol. The molecule has 0 radical (unpaired) electrons. The van der Waals surface area contributed by atoms with E-state index in [9.17, 15) is 18.0 Å². The summed E-state index contributed by atoms with van der Waals surface area (Å²) < 4.78 is 39.0. The maximum Gasteiger partial charge on any atom is 0.418 e. The molecule has 0 spiro atoms. The lowest BCUT2D eigenvalue weighted by molar-refractivity contribution is -0.903. The number of quaternary nitrogens is 1. The third-order valence-electron chi connectivity index (χ3n) is 3.99. The highest BCUT2D eigenvalue weighted by Gasteiger charge is 2.33. The van der Waals surface area contributed by atoms with Crippen LogP contribution < -0.4 is 10.2 Å². The predicted molar refractivity (Wildman–Crippen MR) is 91.3 cm³/mol. The van der Waals surface area contributed by atoms with Crippen molar-refractivity contribution in [3.63, 3.8) is 0 Å². The summed E-state index contributed by atoms with van der Waals surface area (Å²) in [5.74, 6) is -0.430. The van der Waals surface area contributed by atoms with E-state index in [1.54, 1.807) is 0 Å². The highest BCUT2D eigenvalue weighted by Crippen LogP contribution is 2.34. The van der Waals surface area contributed by atoms with Crippen molar-refractivity contribution < 1.29 is 22.9 Å². The van der Waals surface area contributed by atoms with Gasteiger partial charge in [0, 0.05) is 5.56 Å². The number of hydrogen-bond acceptors (Lipinski definition) is 1. The minimum Gasteiger partial charge on any atom is -0.324 e. The largest absolute Gasteiger partial charge is 0.418 e. The van der Waals surface area contributed by atoms with Crippen LogP contribution in [0.15, 0.2) is 48.5 Å². The van der Waals surface area contributed by atoms with Crippen LogP contribution in [0, 0.1) is 6.92 Å². The first-order valence-corrected chi connectivity index (χ1v) is 8.14. The number of carbonyl (C=O) groups is 1. The number of anilines is 1. The highest BCUT2D eigenvalue weighted by atomic mass is 19.4. The van der Waals surface area contributed by atoms with Gasteiger partial charge in [-0.3, -0.25) is 4.79 Å². The van der Waals surface area contributed by atoms with E-state index in [1.807, 2.05) is 38.1 Å². The molecule has 1 unspecified atom stereocenters. The zero-order chi connectivity index (χ0) is 18.4. The summed E-state index contributed by atoms with van der Waals surface area (Å²) in [5.41, 5.74) is 1.21. The topological polar surface area (TPSA) is 33.5 Å². The van der Waals surface area contributed by atoms with Gasteiger partial charge in [-0.25, -0.2) is 0 Å².